The lowest BCUT2D eigenvalue weighted by Crippen LogP contribution is -2.28. The molecule has 0 saturated heterocycles. The molecular weight excluding hydrogens is 603 g/mol. The van der Waals surface area contributed by atoms with E-state index >= 15 is 0 Å². The van der Waals surface area contributed by atoms with Crippen LogP contribution in [0.25, 0.3) is 22.8 Å². The van der Waals surface area contributed by atoms with E-state index in [-0.39, 0.29) is 11.7 Å². The van der Waals surface area contributed by atoms with Crippen LogP contribution in [0.5, 0.6) is 5.75 Å². The van der Waals surface area contributed by atoms with Crippen molar-refractivity contribution in [1.82, 2.24) is 24.6 Å². The zero-order valence-corrected chi connectivity index (χ0v) is 25.5. The first-order valence-electron chi connectivity index (χ1n) is 13.8. The number of hydrogen-bond acceptors (Lipinski definition) is 6. The van der Waals surface area contributed by atoms with Crippen molar-refractivity contribution in [3.05, 3.63) is 106 Å². The second kappa shape index (κ2) is 12.8. The molecule has 45 heavy (non-hydrogen) atoms. The summed E-state index contributed by atoms with van der Waals surface area (Å²) in [6, 6.07) is 18.6. The zero-order chi connectivity index (χ0) is 32.3. The lowest BCUT2D eigenvalue weighted by atomic mass is 9.96. The van der Waals surface area contributed by atoms with E-state index in [1.165, 1.54) is 52.2 Å². The Morgan fingerprint density at radius 1 is 1.07 bits per heavy atom. The van der Waals surface area contributed by atoms with Gasteiger partial charge in [-0.25, -0.2) is 14.5 Å². The molecule has 1 unspecified atom stereocenters. The van der Waals surface area contributed by atoms with Gasteiger partial charge in [-0.2, -0.15) is 10.3 Å². The number of alkyl halides is 3. The molecule has 0 aliphatic carbocycles. The summed E-state index contributed by atoms with van der Waals surface area (Å²) in [6.45, 7) is 8.27. The van der Waals surface area contributed by atoms with E-state index in [1.807, 2.05) is 29.0 Å². The van der Waals surface area contributed by atoms with Gasteiger partial charge in [0.1, 0.15) is 18.1 Å². The molecule has 0 saturated carbocycles. The lowest BCUT2D eigenvalue weighted by molar-refractivity contribution is -0.274. The summed E-state index contributed by atoms with van der Waals surface area (Å²) in [6.07, 6.45) is -3.34. The van der Waals surface area contributed by atoms with Crippen molar-refractivity contribution in [2.24, 2.45) is 4.99 Å². The van der Waals surface area contributed by atoms with Crippen LogP contribution in [0, 0.1) is 25.2 Å². The molecule has 2 amide bonds. The van der Waals surface area contributed by atoms with Crippen LogP contribution in [0.2, 0.25) is 0 Å². The molecule has 13 heteroatoms. The van der Waals surface area contributed by atoms with Crippen molar-refractivity contribution < 1.29 is 22.7 Å². The van der Waals surface area contributed by atoms with E-state index in [1.54, 1.807) is 24.3 Å². The first-order valence-corrected chi connectivity index (χ1v) is 14.7. The van der Waals surface area contributed by atoms with Crippen LogP contribution < -0.4 is 14.9 Å². The molecule has 2 aromatic heterocycles. The van der Waals surface area contributed by atoms with Crippen LogP contribution in [-0.2, 0) is 0 Å². The van der Waals surface area contributed by atoms with E-state index in [0.29, 0.717) is 27.4 Å². The van der Waals surface area contributed by atoms with E-state index in [2.05, 4.69) is 58.0 Å². The number of urea groups is 1. The third-order valence-electron chi connectivity index (χ3n) is 6.92. The summed E-state index contributed by atoms with van der Waals surface area (Å²) in [4.78, 5) is 22.1. The van der Waals surface area contributed by atoms with Gasteiger partial charge in [0.25, 0.3) is 0 Å². The van der Waals surface area contributed by atoms with Crippen molar-refractivity contribution in [1.29, 1.82) is 5.26 Å². The van der Waals surface area contributed by atoms with Gasteiger partial charge in [0.05, 0.1) is 17.4 Å². The predicted molar refractivity (Wildman–Crippen MR) is 163 cm³/mol. The molecule has 0 radical (unpaired) electrons. The maximum atomic E-state index is 13.0. The molecule has 1 atom stereocenters. The SMILES string of the molecule is Cc1cccc(-n2c(C)csc2=NC(=O)NC(C#N)c2ccc(-c3ncn(-c4ccc(OC(F)(F)F)cc4)n3)cc2)c1C(C)C. The highest BCUT2D eigenvalue weighted by atomic mass is 32.1. The van der Waals surface area contributed by atoms with Gasteiger partial charge in [0, 0.05) is 16.6 Å². The van der Waals surface area contributed by atoms with Crippen molar-refractivity contribution >= 4 is 17.4 Å². The Morgan fingerprint density at radius 2 is 1.78 bits per heavy atom. The molecule has 0 fully saturated rings. The van der Waals surface area contributed by atoms with Gasteiger partial charge in [0.2, 0.25) is 0 Å². The van der Waals surface area contributed by atoms with Crippen LogP contribution >= 0.6 is 11.3 Å². The maximum absolute atomic E-state index is 13.0. The van der Waals surface area contributed by atoms with E-state index in [0.717, 1.165) is 16.9 Å². The number of carbonyl (C=O) groups excluding carboxylic acids is 1. The number of rotatable bonds is 7. The number of nitrogens with zero attached hydrogens (tertiary/aromatic N) is 6. The van der Waals surface area contributed by atoms with Gasteiger partial charge < -0.3 is 10.1 Å². The number of thiazole rings is 1. The Bertz CT molecular complexity index is 1930. The monoisotopic (exact) mass is 631 g/mol. The number of hydrogen-bond donors (Lipinski definition) is 1. The minimum absolute atomic E-state index is 0.262. The molecular formula is C32H28F3N7O2S. The number of ether oxygens (including phenoxy) is 1. The Morgan fingerprint density at radius 3 is 2.42 bits per heavy atom. The molecule has 0 aliphatic rings. The van der Waals surface area contributed by atoms with Gasteiger partial charge in [-0.1, -0.05) is 50.2 Å². The van der Waals surface area contributed by atoms with Gasteiger partial charge in [0.15, 0.2) is 10.6 Å². The summed E-state index contributed by atoms with van der Waals surface area (Å²) in [7, 11) is 0. The Kier molecular flexibility index (Phi) is 8.87. The first kappa shape index (κ1) is 31.2. The van der Waals surface area contributed by atoms with Crippen LogP contribution in [0.4, 0.5) is 18.0 Å². The third-order valence-corrected chi connectivity index (χ3v) is 7.86. The number of nitrogens with one attached hydrogen (secondary N) is 1. The topological polar surface area (TPSA) is 110 Å². The van der Waals surface area contributed by atoms with E-state index in [9.17, 15) is 23.2 Å². The number of nitriles is 1. The van der Waals surface area contributed by atoms with Crippen LogP contribution in [0.1, 0.15) is 48.2 Å². The molecule has 0 aliphatic heterocycles. The fourth-order valence-corrected chi connectivity index (χ4v) is 5.82. The highest BCUT2D eigenvalue weighted by molar-refractivity contribution is 7.07. The number of carbonyl (C=O) groups is 1. The average molecular weight is 632 g/mol. The molecule has 0 bridgehead atoms. The number of aromatic nitrogens is 4. The van der Waals surface area contributed by atoms with Crippen molar-refractivity contribution in [2.75, 3.05) is 0 Å². The van der Waals surface area contributed by atoms with Gasteiger partial charge in [-0.15, -0.1) is 29.6 Å². The predicted octanol–water partition coefficient (Wildman–Crippen LogP) is 7.30. The Hall–Kier alpha value is -5.22. The average Bonchev–Trinajstić information content (AvgIpc) is 3.62. The normalized spacial score (nSPS) is 12.6. The standard InChI is InChI=1S/C32H28F3N7O2S/c1-19(2)28-20(3)6-5-7-27(28)42-21(4)17-45-31(42)39-30(43)38-26(16-36)22-8-10-23(11-9-22)29-37-18-41(40-29)24-12-14-25(15-13-24)44-32(33,34)35/h5-15,17-19,26H,1-4H3,(H,38,43). The van der Waals surface area contributed by atoms with Crippen molar-refractivity contribution in [3.63, 3.8) is 0 Å². The molecule has 9 nitrogen and oxygen atoms in total. The fraction of sp³-hybridized carbons (Fsp3) is 0.219. The fourth-order valence-electron chi connectivity index (χ4n) is 4.95. The summed E-state index contributed by atoms with van der Waals surface area (Å²) < 4.78 is 44.6. The zero-order valence-electron chi connectivity index (χ0n) is 24.7. The minimum atomic E-state index is -4.78. The van der Waals surface area contributed by atoms with Crippen molar-refractivity contribution in [3.8, 4) is 34.6 Å². The molecule has 5 aromatic rings. The first-order chi connectivity index (χ1) is 21.4. The molecule has 230 valence electrons. The number of halogens is 3. The number of benzene rings is 3. The molecule has 5 rings (SSSR count). The van der Waals surface area contributed by atoms with E-state index in [4.69, 9.17) is 0 Å². The summed E-state index contributed by atoms with van der Waals surface area (Å²) in [5.41, 5.74) is 5.89. The summed E-state index contributed by atoms with van der Waals surface area (Å²) >= 11 is 1.34. The van der Waals surface area contributed by atoms with E-state index < -0.39 is 18.4 Å². The number of amides is 2. The van der Waals surface area contributed by atoms with Crippen LogP contribution in [0.3, 0.4) is 0 Å². The molecule has 2 heterocycles. The molecule has 3 aromatic carbocycles. The van der Waals surface area contributed by atoms with Gasteiger partial charge in [-0.05, 0) is 66.8 Å². The smallest absolute Gasteiger partial charge is 0.406 e. The van der Waals surface area contributed by atoms with Crippen molar-refractivity contribution in [2.45, 2.75) is 46.0 Å². The van der Waals surface area contributed by atoms with Crippen LogP contribution in [-0.4, -0.2) is 31.7 Å². The quantitative estimate of drug-likeness (QED) is 0.203. The summed E-state index contributed by atoms with van der Waals surface area (Å²) in [5.74, 6) is 0.280. The minimum Gasteiger partial charge on any atom is -0.406 e. The highest BCUT2D eigenvalue weighted by Crippen LogP contribution is 2.28. The van der Waals surface area contributed by atoms with Gasteiger partial charge in [-0.3, -0.25) is 4.57 Å². The second-order valence-electron chi connectivity index (χ2n) is 10.5. The molecule has 0 spiro atoms. The van der Waals surface area contributed by atoms with Crippen LogP contribution in [0.15, 0.2) is 83.4 Å². The maximum Gasteiger partial charge on any atom is 0.573 e. The lowest BCUT2D eigenvalue weighted by Gasteiger charge is -2.17. The highest BCUT2D eigenvalue weighted by Gasteiger charge is 2.31. The Balaban J connectivity index is 1.32. The summed E-state index contributed by atoms with van der Waals surface area (Å²) in [5, 5.41) is 18.9. The Labute approximate surface area is 260 Å². The van der Waals surface area contributed by atoms with Gasteiger partial charge >= 0.3 is 12.4 Å². The number of aryl methyl sites for hydroxylation is 2. The molecule has 1 N–H and O–H groups in total. The third kappa shape index (κ3) is 7.13. The largest absolute Gasteiger partial charge is 0.573 e. The second-order valence-corrected chi connectivity index (χ2v) is 11.3.